The SMILES string of the molecule is NCC(C1CCCCC1)N1CCc2ccccc2C1. The first-order valence-electron chi connectivity index (χ1n) is 7.89. The van der Waals surface area contributed by atoms with Gasteiger partial charge < -0.3 is 5.73 Å². The van der Waals surface area contributed by atoms with Crippen LogP contribution in [-0.2, 0) is 13.0 Å². The molecular formula is C17H26N2. The van der Waals surface area contributed by atoms with Crippen LogP contribution in [0.15, 0.2) is 24.3 Å². The van der Waals surface area contributed by atoms with Crippen LogP contribution in [-0.4, -0.2) is 24.0 Å². The summed E-state index contributed by atoms with van der Waals surface area (Å²) in [4.78, 5) is 2.65. The first-order valence-corrected chi connectivity index (χ1v) is 7.89. The van der Waals surface area contributed by atoms with E-state index in [1.165, 1.54) is 56.2 Å². The van der Waals surface area contributed by atoms with Gasteiger partial charge in [0, 0.05) is 25.7 Å². The number of hydrogen-bond donors (Lipinski definition) is 1. The highest BCUT2D eigenvalue weighted by Gasteiger charge is 2.29. The van der Waals surface area contributed by atoms with E-state index >= 15 is 0 Å². The molecule has 1 unspecified atom stereocenters. The Morgan fingerprint density at radius 1 is 1.11 bits per heavy atom. The van der Waals surface area contributed by atoms with Crippen molar-refractivity contribution in [2.45, 2.75) is 51.1 Å². The van der Waals surface area contributed by atoms with Crippen LogP contribution in [0.4, 0.5) is 0 Å². The number of fused-ring (bicyclic) bond motifs is 1. The van der Waals surface area contributed by atoms with Crippen LogP contribution in [0, 0.1) is 5.92 Å². The lowest BCUT2D eigenvalue weighted by atomic mass is 9.82. The Bertz CT molecular complexity index is 409. The van der Waals surface area contributed by atoms with E-state index in [1.54, 1.807) is 0 Å². The zero-order valence-electron chi connectivity index (χ0n) is 11.9. The summed E-state index contributed by atoms with van der Waals surface area (Å²) in [6, 6.07) is 9.51. The van der Waals surface area contributed by atoms with Gasteiger partial charge in [0.15, 0.2) is 0 Å². The first-order chi connectivity index (χ1) is 9.38. The Morgan fingerprint density at radius 2 is 1.84 bits per heavy atom. The van der Waals surface area contributed by atoms with E-state index in [4.69, 9.17) is 5.73 Å². The van der Waals surface area contributed by atoms with E-state index in [-0.39, 0.29) is 0 Å². The van der Waals surface area contributed by atoms with Gasteiger partial charge in [0.25, 0.3) is 0 Å². The zero-order chi connectivity index (χ0) is 13.1. The van der Waals surface area contributed by atoms with Crippen LogP contribution in [0.1, 0.15) is 43.2 Å². The normalized spacial score (nSPS) is 23.0. The van der Waals surface area contributed by atoms with Crippen LogP contribution < -0.4 is 5.73 Å². The van der Waals surface area contributed by atoms with E-state index in [0.717, 1.165) is 19.0 Å². The molecule has 0 amide bonds. The standard InChI is InChI=1S/C17H26N2/c18-12-17(15-7-2-1-3-8-15)19-11-10-14-6-4-5-9-16(14)13-19/h4-6,9,15,17H,1-3,7-8,10-13,18H2. The summed E-state index contributed by atoms with van der Waals surface area (Å²) in [6.45, 7) is 3.12. The fourth-order valence-electron chi connectivity index (χ4n) is 3.96. The highest BCUT2D eigenvalue weighted by Crippen LogP contribution is 2.31. The molecule has 3 rings (SSSR count). The maximum Gasteiger partial charge on any atom is 0.0250 e. The van der Waals surface area contributed by atoms with Crippen LogP contribution >= 0.6 is 0 Å². The third-order valence-electron chi connectivity index (χ3n) is 5.06. The third kappa shape index (κ3) is 2.85. The van der Waals surface area contributed by atoms with E-state index in [2.05, 4.69) is 29.2 Å². The molecule has 0 spiro atoms. The third-order valence-corrected chi connectivity index (χ3v) is 5.06. The van der Waals surface area contributed by atoms with Gasteiger partial charge in [-0.25, -0.2) is 0 Å². The van der Waals surface area contributed by atoms with Crippen LogP contribution in [0.2, 0.25) is 0 Å². The average molecular weight is 258 g/mol. The molecule has 1 aromatic carbocycles. The maximum absolute atomic E-state index is 6.11. The fourth-order valence-corrected chi connectivity index (χ4v) is 3.96. The molecule has 2 N–H and O–H groups in total. The summed E-state index contributed by atoms with van der Waals surface area (Å²) >= 11 is 0. The van der Waals surface area contributed by atoms with Crippen LogP contribution in [0.5, 0.6) is 0 Å². The number of hydrogen-bond acceptors (Lipinski definition) is 2. The van der Waals surface area contributed by atoms with Gasteiger partial charge in [-0.1, -0.05) is 43.5 Å². The van der Waals surface area contributed by atoms with Crippen molar-refractivity contribution >= 4 is 0 Å². The highest BCUT2D eigenvalue weighted by atomic mass is 15.2. The molecule has 1 heterocycles. The van der Waals surface area contributed by atoms with Gasteiger partial charge in [-0.15, -0.1) is 0 Å². The van der Waals surface area contributed by atoms with Gasteiger partial charge in [-0.2, -0.15) is 0 Å². The van der Waals surface area contributed by atoms with Crippen LogP contribution in [0.25, 0.3) is 0 Å². The molecule has 0 radical (unpaired) electrons. The van der Waals surface area contributed by atoms with Gasteiger partial charge in [0.1, 0.15) is 0 Å². The molecule has 104 valence electrons. The van der Waals surface area contributed by atoms with Crippen molar-refractivity contribution in [3.8, 4) is 0 Å². The van der Waals surface area contributed by atoms with Crippen molar-refractivity contribution in [3.05, 3.63) is 35.4 Å². The van der Waals surface area contributed by atoms with Gasteiger partial charge in [-0.3, -0.25) is 4.90 Å². The number of nitrogens with zero attached hydrogens (tertiary/aromatic N) is 1. The Hall–Kier alpha value is -0.860. The fraction of sp³-hybridized carbons (Fsp3) is 0.647. The van der Waals surface area contributed by atoms with Crippen molar-refractivity contribution in [1.82, 2.24) is 4.90 Å². The largest absolute Gasteiger partial charge is 0.329 e. The minimum absolute atomic E-state index is 0.605. The summed E-state index contributed by atoms with van der Waals surface area (Å²) in [5, 5.41) is 0. The van der Waals surface area contributed by atoms with Crippen molar-refractivity contribution in [2.24, 2.45) is 11.7 Å². The molecule has 0 aromatic heterocycles. The molecule has 2 heteroatoms. The van der Waals surface area contributed by atoms with E-state index in [1.807, 2.05) is 0 Å². The van der Waals surface area contributed by atoms with Crippen molar-refractivity contribution in [3.63, 3.8) is 0 Å². The Balaban J connectivity index is 1.71. The molecule has 1 atom stereocenters. The van der Waals surface area contributed by atoms with Crippen LogP contribution in [0.3, 0.4) is 0 Å². The maximum atomic E-state index is 6.11. The summed E-state index contributed by atoms with van der Waals surface area (Å²) < 4.78 is 0. The molecule has 2 aliphatic rings. The lowest BCUT2D eigenvalue weighted by Crippen LogP contribution is -2.48. The highest BCUT2D eigenvalue weighted by molar-refractivity contribution is 5.29. The molecule has 0 bridgehead atoms. The van der Waals surface area contributed by atoms with Gasteiger partial charge in [-0.05, 0) is 36.3 Å². The first kappa shape index (κ1) is 13.1. The summed E-state index contributed by atoms with van der Waals surface area (Å²) in [6.07, 6.45) is 8.22. The number of benzene rings is 1. The van der Waals surface area contributed by atoms with E-state index in [9.17, 15) is 0 Å². The zero-order valence-corrected chi connectivity index (χ0v) is 11.9. The molecule has 1 aliphatic heterocycles. The molecule has 1 fully saturated rings. The van der Waals surface area contributed by atoms with E-state index < -0.39 is 0 Å². The van der Waals surface area contributed by atoms with E-state index in [0.29, 0.717) is 6.04 Å². The lowest BCUT2D eigenvalue weighted by molar-refractivity contribution is 0.109. The Kier molecular flexibility index (Phi) is 4.19. The second kappa shape index (κ2) is 6.06. The molecule has 19 heavy (non-hydrogen) atoms. The monoisotopic (exact) mass is 258 g/mol. The van der Waals surface area contributed by atoms with Gasteiger partial charge in [0.05, 0.1) is 0 Å². The van der Waals surface area contributed by atoms with Gasteiger partial charge in [0.2, 0.25) is 0 Å². The molecule has 0 saturated heterocycles. The second-order valence-corrected chi connectivity index (χ2v) is 6.19. The number of nitrogens with two attached hydrogens (primary N) is 1. The molecule has 2 nitrogen and oxygen atoms in total. The lowest BCUT2D eigenvalue weighted by Gasteiger charge is -2.40. The molecule has 1 saturated carbocycles. The topological polar surface area (TPSA) is 29.3 Å². The summed E-state index contributed by atoms with van der Waals surface area (Å²) in [5.41, 5.74) is 9.17. The summed E-state index contributed by atoms with van der Waals surface area (Å²) in [7, 11) is 0. The van der Waals surface area contributed by atoms with Crippen molar-refractivity contribution in [2.75, 3.05) is 13.1 Å². The van der Waals surface area contributed by atoms with Crippen molar-refractivity contribution < 1.29 is 0 Å². The molecule has 1 aromatic rings. The Labute approximate surface area is 117 Å². The van der Waals surface area contributed by atoms with Gasteiger partial charge >= 0.3 is 0 Å². The smallest absolute Gasteiger partial charge is 0.0250 e. The number of rotatable bonds is 3. The quantitative estimate of drug-likeness (QED) is 0.903. The Morgan fingerprint density at radius 3 is 2.58 bits per heavy atom. The average Bonchev–Trinajstić information content (AvgIpc) is 2.49. The predicted octanol–water partition coefficient (Wildman–Crippen LogP) is 2.95. The summed E-state index contributed by atoms with van der Waals surface area (Å²) in [5.74, 6) is 0.837. The second-order valence-electron chi connectivity index (χ2n) is 6.19. The molecular weight excluding hydrogens is 232 g/mol. The van der Waals surface area contributed by atoms with Crippen molar-refractivity contribution in [1.29, 1.82) is 0 Å². The molecule has 1 aliphatic carbocycles. The predicted molar refractivity (Wildman–Crippen MR) is 80.0 cm³/mol. The minimum Gasteiger partial charge on any atom is -0.329 e. The minimum atomic E-state index is 0.605.